The summed E-state index contributed by atoms with van der Waals surface area (Å²) in [5, 5.41) is 8.45. The number of carboxylic acid groups (broad SMARTS) is 1. The van der Waals surface area contributed by atoms with Crippen LogP contribution in [0.25, 0.3) is 0 Å². The van der Waals surface area contributed by atoms with Crippen LogP contribution in [0, 0.1) is 5.92 Å². The number of aliphatic carboxylic acids is 1. The van der Waals surface area contributed by atoms with Crippen LogP contribution >= 0.6 is 0 Å². The molecule has 0 aromatic carbocycles. The van der Waals surface area contributed by atoms with Crippen LogP contribution in [-0.4, -0.2) is 11.1 Å². The van der Waals surface area contributed by atoms with Gasteiger partial charge in [-0.2, -0.15) is 0 Å². The fourth-order valence-electron chi connectivity index (χ4n) is 0.600. The van der Waals surface area contributed by atoms with Crippen LogP contribution in [-0.2, 0) is 4.79 Å². The molecule has 0 bridgehead atoms. The summed E-state index contributed by atoms with van der Waals surface area (Å²) in [6, 6.07) is 0. The van der Waals surface area contributed by atoms with Crippen LogP contribution in [0.1, 0.15) is 13.8 Å². The van der Waals surface area contributed by atoms with E-state index in [1.165, 1.54) is 0 Å². The van der Waals surface area contributed by atoms with Gasteiger partial charge in [0.15, 0.2) is 0 Å². The number of rotatable bonds is 3. The van der Waals surface area contributed by atoms with Gasteiger partial charge in [0.05, 0.1) is 0 Å². The zero-order chi connectivity index (χ0) is 8.15. The molecule has 0 aromatic heterocycles. The standard InChI is InChI=1S/C8H12O2/c1-4-5-6(2)7(3)8(9)10/h4-6H,3H2,1-2H3,(H,9,10)/b5-4+. The molecule has 2 nitrogen and oxygen atoms in total. The molecule has 0 amide bonds. The maximum atomic E-state index is 10.3. The SMILES string of the molecule is C=C(C(=O)O)C(C)/C=C/C. The highest BCUT2D eigenvalue weighted by Gasteiger charge is 2.08. The maximum absolute atomic E-state index is 10.3. The van der Waals surface area contributed by atoms with E-state index >= 15 is 0 Å². The first kappa shape index (κ1) is 8.95. The molecule has 1 atom stereocenters. The molecule has 0 fully saturated rings. The molecule has 0 saturated carbocycles. The Hall–Kier alpha value is -1.05. The van der Waals surface area contributed by atoms with Gasteiger partial charge in [-0.05, 0) is 6.92 Å². The third kappa shape index (κ3) is 2.49. The van der Waals surface area contributed by atoms with E-state index in [0.717, 1.165) is 0 Å². The molecular weight excluding hydrogens is 128 g/mol. The van der Waals surface area contributed by atoms with Gasteiger partial charge in [-0.25, -0.2) is 4.79 Å². The summed E-state index contributed by atoms with van der Waals surface area (Å²) in [6.45, 7) is 7.08. The minimum atomic E-state index is -0.925. The van der Waals surface area contributed by atoms with Gasteiger partial charge in [-0.1, -0.05) is 25.7 Å². The summed E-state index contributed by atoms with van der Waals surface area (Å²) in [7, 11) is 0. The molecule has 0 aromatic rings. The minimum Gasteiger partial charge on any atom is -0.478 e. The van der Waals surface area contributed by atoms with Crippen LogP contribution in [0.2, 0.25) is 0 Å². The number of hydrogen-bond acceptors (Lipinski definition) is 1. The third-order valence-electron chi connectivity index (χ3n) is 1.31. The fraction of sp³-hybridized carbons (Fsp3) is 0.375. The zero-order valence-corrected chi connectivity index (χ0v) is 6.29. The van der Waals surface area contributed by atoms with Crippen molar-refractivity contribution < 1.29 is 9.90 Å². The molecule has 0 radical (unpaired) electrons. The number of carbonyl (C=O) groups is 1. The largest absolute Gasteiger partial charge is 0.478 e. The fourth-order valence-corrected chi connectivity index (χ4v) is 0.600. The molecule has 10 heavy (non-hydrogen) atoms. The molecule has 0 spiro atoms. The summed E-state index contributed by atoms with van der Waals surface area (Å²) in [5.41, 5.74) is 0.234. The van der Waals surface area contributed by atoms with Crippen LogP contribution in [0.15, 0.2) is 24.3 Å². The van der Waals surface area contributed by atoms with Gasteiger partial charge >= 0.3 is 5.97 Å². The zero-order valence-electron chi connectivity index (χ0n) is 6.29. The second kappa shape index (κ2) is 3.88. The van der Waals surface area contributed by atoms with Crippen molar-refractivity contribution >= 4 is 5.97 Å². The van der Waals surface area contributed by atoms with Crippen molar-refractivity contribution in [3.63, 3.8) is 0 Å². The summed E-state index contributed by atoms with van der Waals surface area (Å²) in [4.78, 5) is 10.3. The second-order valence-electron chi connectivity index (χ2n) is 2.14. The van der Waals surface area contributed by atoms with Crippen LogP contribution in [0.3, 0.4) is 0 Å². The Bertz CT molecular complexity index is 168. The van der Waals surface area contributed by atoms with E-state index in [9.17, 15) is 4.79 Å². The van der Waals surface area contributed by atoms with Crippen molar-refractivity contribution in [3.8, 4) is 0 Å². The van der Waals surface area contributed by atoms with Gasteiger partial charge in [0.25, 0.3) is 0 Å². The van der Waals surface area contributed by atoms with E-state index in [-0.39, 0.29) is 11.5 Å². The first-order valence-electron chi connectivity index (χ1n) is 3.14. The summed E-state index contributed by atoms with van der Waals surface area (Å²) in [5.74, 6) is -0.993. The smallest absolute Gasteiger partial charge is 0.331 e. The molecular formula is C8H12O2. The van der Waals surface area contributed by atoms with Crippen molar-refractivity contribution in [2.45, 2.75) is 13.8 Å². The summed E-state index contributed by atoms with van der Waals surface area (Å²) >= 11 is 0. The molecule has 1 unspecified atom stereocenters. The van der Waals surface area contributed by atoms with Crippen molar-refractivity contribution in [1.29, 1.82) is 0 Å². The quantitative estimate of drug-likeness (QED) is 0.479. The molecule has 0 aliphatic rings. The van der Waals surface area contributed by atoms with Gasteiger partial charge in [0.1, 0.15) is 0 Å². The lowest BCUT2D eigenvalue weighted by atomic mass is 10.0. The van der Waals surface area contributed by atoms with E-state index in [1.807, 2.05) is 13.0 Å². The van der Waals surface area contributed by atoms with Crippen LogP contribution in [0.4, 0.5) is 0 Å². The Morgan fingerprint density at radius 1 is 1.70 bits per heavy atom. The average molecular weight is 140 g/mol. The van der Waals surface area contributed by atoms with E-state index in [1.54, 1.807) is 13.0 Å². The molecule has 1 N–H and O–H groups in total. The van der Waals surface area contributed by atoms with Crippen molar-refractivity contribution in [3.05, 3.63) is 24.3 Å². The number of carboxylic acids is 1. The Kier molecular flexibility index (Phi) is 3.47. The molecule has 0 aliphatic heterocycles. The summed E-state index contributed by atoms with van der Waals surface area (Å²) in [6.07, 6.45) is 3.62. The second-order valence-corrected chi connectivity index (χ2v) is 2.14. The van der Waals surface area contributed by atoms with E-state index < -0.39 is 5.97 Å². The number of allylic oxidation sites excluding steroid dienone is 2. The Morgan fingerprint density at radius 2 is 2.20 bits per heavy atom. The molecule has 56 valence electrons. The van der Waals surface area contributed by atoms with E-state index in [4.69, 9.17) is 5.11 Å². The molecule has 0 saturated heterocycles. The maximum Gasteiger partial charge on any atom is 0.331 e. The summed E-state index contributed by atoms with van der Waals surface area (Å²) < 4.78 is 0. The first-order valence-corrected chi connectivity index (χ1v) is 3.14. The van der Waals surface area contributed by atoms with E-state index in [0.29, 0.717) is 0 Å². The molecule has 2 heteroatoms. The predicted molar refractivity (Wildman–Crippen MR) is 40.8 cm³/mol. The average Bonchev–Trinajstić information content (AvgIpc) is 1.87. The van der Waals surface area contributed by atoms with Gasteiger partial charge in [-0.3, -0.25) is 0 Å². The monoisotopic (exact) mass is 140 g/mol. The number of hydrogen-bond donors (Lipinski definition) is 1. The van der Waals surface area contributed by atoms with Crippen molar-refractivity contribution in [2.24, 2.45) is 5.92 Å². The van der Waals surface area contributed by atoms with Crippen LogP contribution < -0.4 is 0 Å². The molecule has 0 heterocycles. The van der Waals surface area contributed by atoms with Gasteiger partial charge < -0.3 is 5.11 Å². The van der Waals surface area contributed by atoms with Crippen molar-refractivity contribution in [2.75, 3.05) is 0 Å². The molecule has 0 rings (SSSR count). The highest BCUT2D eigenvalue weighted by Crippen LogP contribution is 2.08. The highest BCUT2D eigenvalue weighted by atomic mass is 16.4. The Balaban J connectivity index is 4.08. The van der Waals surface area contributed by atoms with Gasteiger partial charge in [0.2, 0.25) is 0 Å². The Labute approximate surface area is 60.9 Å². The molecule has 0 aliphatic carbocycles. The lowest BCUT2D eigenvalue weighted by molar-refractivity contribution is -0.133. The predicted octanol–water partition coefficient (Wildman–Crippen LogP) is 1.84. The minimum absolute atomic E-state index is 0.0671. The van der Waals surface area contributed by atoms with Crippen LogP contribution in [0.5, 0.6) is 0 Å². The van der Waals surface area contributed by atoms with Gasteiger partial charge in [-0.15, -0.1) is 0 Å². The topological polar surface area (TPSA) is 37.3 Å². The third-order valence-corrected chi connectivity index (χ3v) is 1.31. The van der Waals surface area contributed by atoms with Crippen molar-refractivity contribution in [1.82, 2.24) is 0 Å². The van der Waals surface area contributed by atoms with Gasteiger partial charge in [0, 0.05) is 11.5 Å². The lowest BCUT2D eigenvalue weighted by Crippen LogP contribution is -2.05. The lowest BCUT2D eigenvalue weighted by Gasteiger charge is -2.03. The normalized spacial score (nSPS) is 13.4. The Morgan fingerprint density at radius 3 is 2.50 bits per heavy atom. The first-order chi connectivity index (χ1) is 4.59. The van der Waals surface area contributed by atoms with E-state index in [2.05, 4.69) is 6.58 Å². The highest BCUT2D eigenvalue weighted by molar-refractivity contribution is 5.86.